The highest BCUT2D eigenvalue weighted by Gasteiger charge is 2.58. The van der Waals surface area contributed by atoms with Gasteiger partial charge >= 0.3 is 6.03 Å². The molecule has 3 saturated heterocycles. The molecule has 3 aliphatic rings. The van der Waals surface area contributed by atoms with E-state index in [9.17, 15) is 9.59 Å². The molecule has 34 heavy (non-hydrogen) atoms. The van der Waals surface area contributed by atoms with E-state index in [1.807, 2.05) is 18.2 Å². The van der Waals surface area contributed by atoms with Crippen molar-refractivity contribution in [1.29, 1.82) is 0 Å². The third-order valence-corrected chi connectivity index (χ3v) is 7.59. The molecule has 180 valence electrons. The van der Waals surface area contributed by atoms with Crippen LogP contribution in [-0.2, 0) is 21.5 Å². The molecule has 0 spiro atoms. The number of ether oxygens (including phenoxy) is 1. The summed E-state index contributed by atoms with van der Waals surface area (Å²) in [4.78, 5) is 35.3. The lowest BCUT2D eigenvalue weighted by molar-refractivity contribution is -0.135. The van der Waals surface area contributed by atoms with Crippen molar-refractivity contribution in [3.63, 3.8) is 0 Å². The number of hydrogen-bond acceptors (Lipinski definition) is 5. The SMILES string of the molecule is O=C1N[C@@](c2ccccn2)(C2CCN(CCCc3ccccc3)CC2)C(=O)N1C[C@H]1CCCO1. The number of carbonyl (C=O) groups is 2. The van der Waals surface area contributed by atoms with Gasteiger partial charge in [0.1, 0.15) is 0 Å². The lowest BCUT2D eigenvalue weighted by Crippen LogP contribution is -2.54. The highest BCUT2D eigenvalue weighted by molar-refractivity contribution is 6.07. The fourth-order valence-electron chi connectivity index (χ4n) is 5.75. The van der Waals surface area contributed by atoms with Gasteiger partial charge in [0.2, 0.25) is 0 Å². The van der Waals surface area contributed by atoms with E-state index in [0.717, 1.165) is 58.2 Å². The number of piperidine rings is 1. The zero-order valence-electron chi connectivity index (χ0n) is 19.7. The Balaban J connectivity index is 1.27. The third-order valence-electron chi connectivity index (χ3n) is 7.59. The summed E-state index contributed by atoms with van der Waals surface area (Å²) >= 11 is 0. The van der Waals surface area contributed by atoms with Gasteiger partial charge in [0.05, 0.1) is 18.3 Å². The molecule has 3 fully saturated rings. The number of likely N-dealkylation sites (tertiary alicyclic amines) is 1. The van der Waals surface area contributed by atoms with E-state index in [0.29, 0.717) is 18.8 Å². The molecule has 7 heteroatoms. The zero-order chi connectivity index (χ0) is 23.4. The van der Waals surface area contributed by atoms with Crippen LogP contribution in [0.3, 0.4) is 0 Å². The van der Waals surface area contributed by atoms with Gasteiger partial charge in [-0.3, -0.25) is 14.7 Å². The standard InChI is InChI=1S/C27H34N4O3/c32-25-27(24-12-4-5-15-28-24,29-26(33)31(25)20-23-11-7-19-34-23)22-13-17-30(18-14-22)16-6-10-21-8-2-1-3-9-21/h1-5,8-9,12,15,22-23H,6-7,10-11,13-14,16-20H2,(H,29,33)/t23-,27-/m1/s1. The Kier molecular flexibility index (Phi) is 6.92. The summed E-state index contributed by atoms with van der Waals surface area (Å²) in [5.74, 6) is -0.159. The molecular weight excluding hydrogens is 428 g/mol. The van der Waals surface area contributed by atoms with E-state index >= 15 is 0 Å². The maximum Gasteiger partial charge on any atom is 0.325 e. The monoisotopic (exact) mass is 462 g/mol. The van der Waals surface area contributed by atoms with Crippen LogP contribution in [0.15, 0.2) is 54.7 Å². The Bertz CT molecular complexity index is 972. The number of aromatic nitrogens is 1. The lowest BCUT2D eigenvalue weighted by Gasteiger charge is -2.40. The van der Waals surface area contributed by atoms with E-state index in [2.05, 4.69) is 45.5 Å². The minimum absolute atomic E-state index is 0.0127. The molecule has 3 amide bonds. The Labute approximate surface area is 201 Å². The maximum absolute atomic E-state index is 13.9. The van der Waals surface area contributed by atoms with Gasteiger partial charge in [-0.1, -0.05) is 36.4 Å². The molecule has 2 atom stereocenters. The predicted molar refractivity (Wildman–Crippen MR) is 129 cm³/mol. The maximum atomic E-state index is 13.9. The van der Waals surface area contributed by atoms with Crippen LogP contribution in [0.4, 0.5) is 4.79 Å². The number of aryl methyl sites for hydroxylation is 1. The van der Waals surface area contributed by atoms with Crippen molar-refractivity contribution in [2.75, 3.05) is 32.8 Å². The summed E-state index contributed by atoms with van der Waals surface area (Å²) in [7, 11) is 0. The summed E-state index contributed by atoms with van der Waals surface area (Å²) in [6, 6.07) is 15.9. The predicted octanol–water partition coefficient (Wildman–Crippen LogP) is 3.35. The molecule has 1 N–H and O–H groups in total. The van der Waals surface area contributed by atoms with Crippen LogP contribution in [0.1, 0.15) is 43.4 Å². The molecule has 2 aromatic rings. The van der Waals surface area contributed by atoms with Crippen molar-refractivity contribution in [2.45, 2.75) is 50.2 Å². The van der Waals surface area contributed by atoms with Crippen LogP contribution >= 0.6 is 0 Å². The van der Waals surface area contributed by atoms with Crippen LogP contribution < -0.4 is 5.32 Å². The van der Waals surface area contributed by atoms with Crippen molar-refractivity contribution in [3.8, 4) is 0 Å². The van der Waals surface area contributed by atoms with E-state index in [-0.39, 0.29) is 24.0 Å². The van der Waals surface area contributed by atoms with Crippen LogP contribution in [0.5, 0.6) is 0 Å². The van der Waals surface area contributed by atoms with Gasteiger partial charge in [-0.15, -0.1) is 0 Å². The highest BCUT2D eigenvalue weighted by atomic mass is 16.5. The Morgan fingerprint density at radius 2 is 1.82 bits per heavy atom. The second-order valence-electron chi connectivity index (χ2n) is 9.71. The van der Waals surface area contributed by atoms with Crippen LogP contribution in [0, 0.1) is 5.92 Å². The average molecular weight is 463 g/mol. The third kappa shape index (κ3) is 4.59. The normalized spacial score (nSPS) is 26.2. The molecule has 0 bridgehead atoms. The first kappa shape index (κ1) is 23.0. The molecule has 0 radical (unpaired) electrons. The number of imide groups is 1. The number of pyridine rings is 1. The number of carbonyl (C=O) groups excluding carboxylic acids is 2. The van der Waals surface area contributed by atoms with Crippen molar-refractivity contribution in [1.82, 2.24) is 20.1 Å². The minimum atomic E-state index is -1.09. The molecule has 0 aliphatic carbocycles. The second-order valence-corrected chi connectivity index (χ2v) is 9.71. The van der Waals surface area contributed by atoms with E-state index < -0.39 is 5.54 Å². The van der Waals surface area contributed by atoms with Gasteiger partial charge in [0.15, 0.2) is 5.54 Å². The topological polar surface area (TPSA) is 74.8 Å². The van der Waals surface area contributed by atoms with Crippen LogP contribution in [-0.4, -0.2) is 65.6 Å². The van der Waals surface area contributed by atoms with E-state index in [1.165, 1.54) is 10.5 Å². The van der Waals surface area contributed by atoms with Gasteiger partial charge in [0.25, 0.3) is 5.91 Å². The molecular formula is C27H34N4O3. The fraction of sp³-hybridized carbons (Fsp3) is 0.519. The number of nitrogens with zero attached hydrogens (tertiary/aromatic N) is 3. The van der Waals surface area contributed by atoms with E-state index in [1.54, 1.807) is 6.20 Å². The highest BCUT2D eigenvalue weighted by Crippen LogP contribution is 2.41. The fourth-order valence-corrected chi connectivity index (χ4v) is 5.75. The number of amides is 3. The Morgan fingerprint density at radius 1 is 1.03 bits per heavy atom. The lowest BCUT2D eigenvalue weighted by atomic mass is 9.75. The summed E-state index contributed by atoms with van der Waals surface area (Å²) in [6.07, 6.45) is 7.38. The van der Waals surface area contributed by atoms with Gasteiger partial charge in [-0.25, -0.2) is 4.79 Å². The second kappa shape index (κ2) is 10.2. The Morgan fingerprint density at radius 3 is 2.53 bits per heavy atom. The minimum Gasteiger partial charge on any atom is -0.376 e. The molecule has 0 unspecified atom stereocenters. The van der Waals surface area contributed by atoms with Crippen LogP contribution in [0.25, 0.3) is 0 Å². The van der Waals surface area contributed by atoms with Crippen molar-refractivity contribution in [3.05, 3.63) is 66.0 Å². The van der Waals surface area contributed by atoms with Crippen LogP contribution in [0.2, 0.25) is 0 Å². The molecule has 4 heterocycles. The van der Waals surface area contributed by atoms with E-state index in [4.69, 9.17) is 4.74 Å². The first-order chi connectivity index (χ1) is 16.7. The number of nitrogens with one attached hydrogen (secondary N) is 1. The van der Waals surface area contributed by atoms with Gasteiger partial charge in [0, 0.05) is 12.8 Å². The largest absolute Gasteiger partial charge is 0.376 e. The quantitative estimate of drug-likeness (QED) is 0.609. The summed E-state index contributed by atoms with van der Waals surface area (Å²) in [5.41, 5.74) is 0.926. The molecule has 1 aromatic heterocycles. The molecule has 0 saturated carbocycles. The van der Waals surface area contributed by atoms with Crippen molar-refractivity contribution in [2.24, 2.45) is 5.92 Å². The number of rotatable bonds is 8. The number of hydrogen-bond donors (Lipinski definition) is 1. The first-order valence-corrected chi connectivity index (χ1v) is 12.6. The number of urea groups is 1. The molecule has 5 rings (SSSR count). The zero-order valence-corrected chi connectivity index (χ0v) is 19.7. The summed E-state index contributed by atoms with van der Waals surface area (Å²) < 4.78 is 5.72. The van der Waals surface area contributed by atoms with Gasteiger partial charge in [-0.2, -0.15) is 0 Å². The smallest absolute Gasteiger partial charge is 0.325 e. The molecule has 3 aliphatic heterocycles. The molecule has 1 aromatic carbocycles. The number of benzene rings is 1. The Hall–Kier alpha value is -2.77. The van der Waals surface area contributed by atoms with Gasteiger partial charge < -0.3 is 15.0 Å². The summed E-state index contributed by atoms with van der Waals surface area (Å²) in [5, 5.41) is 3.11. The average Bonchev–Trinajstić information content (AvgIpc) is 3.48. The van der Waals surface area contributed by atoms with Crippen molar-refractivity contribution >= 4 is 11.9 Å². The van der Waals surface area contributed by atoms with Crippen molar-refractivity contribution < 1.29 is 14.3 Å². The summed E-state index contributed by atoms with van der Waals surface area (Å²) in [6.45, 7) is 3.90. The first-order valence-electron chi connectivity index (χ1n) is 12.6. The molecule has 7 nitrogen and oxygen atoms in total. The van der Waals surface area contributed by atoms with Gasteiger partial charge in [-0.05, 0) is 81.8 Å².